The lowest BCUT2D eigenvalue weighted by Crippen LogP contribution is -1.97. The fourth-order valence-electron chi connectivity index (χ4n) is 0.683. The molecule has 0 unspecified atom stereocenters. The topological polar surface area (TPSA) is 61.8 Å². The minimum Gasteiger partial charge on any atom is -0.460 e. The number of carbonyl (C=O) groups is 1. The van der Waals surface area contributed by atoms with Gasteiger partial charge < -0.3 is 14.2 Å². The van der Waals surface area contributed by atoms with Crippen LogP contribution in [0.3, 0.4) is 0 Å². The van der Waals surface area contributed by atoms with Crippen LogP contribution in [0.1, 0.15) is 6.92 Å². The van der Waals surface area contributed by atoms with E-state index in [-0.39, 0.29) is 19.0 Å². The van der Waals surface area contributed by atoms with Gasteiger partial charge in [0.05, 0.1) is 0 Å². The van der Waals surface area contributed by atoms with Crippen molar-refractivity contribution in [1.82, 2.24) is 0 Å². The molecule has 0 amide bonds. The van der Waals surface area contributed by atoms with Gasteiger partial charge in [0, 0.05) is 0 Å². The lowest BCUT2D eigenvalue weighted by atomic mass is 10.4. The molecule has 1 heterocycles. The third kappa shape index (κ3) is 1.65. The number of carbonyl (C=O) groups excluding carboxylic acids is 2. The van der Waals surface area contributed by atoms with Gasteiger partial charge in [-0.1, -0.05) is 0 Å². The highest BCUT2D eigenvalue weighted by molar-refractivity contribution is 5.48. The van der Waals surface area contributed by atoms with Gasteiger partial charge >= 0.3 is 5.95 Å². The summed E-state index contributed by atoms with van der Waals surface area (Å²) in [6.07, 6.45) is 0. The average molecular weight is 170 g/mol. The molecule has 0 aromatic rings. The Balaban J connectivity index is 2.59. The summed E-state index contributed by atoms with van der Waals surface area (Å²) in [6, 6.07) is 0. The van der Waals surface area contributed by atoms with E-state index in [1.165, 1.54) is 5.94 Å². The van der Waals surface area contributed by atoms with Crippen LogP contribution >= 0.6 is 0 Å². The number of hydrogen-bond donors (Lipinski definition) is 0. The molecule has 0 atom stereocenters. The Hall–Kier alpha value is -1.74. The predicted octanol–water partition coefficient (Wildman–Crippen LogP) is 0.111. The highest BCUT2D eigenvalue weighted by atomic mass is 16.7. The van der Waals surface area contributed by atoms with Crippen LogP contribution in [0.2, 0.25) is 0 Å². The minimum absolute atomic E-state index is 0.0412. The molecule has 0 fully saturated rings. The SMILES string of the molecule is CC1=C(COC=O)OC(=C=O)O1. The lowest BCUT2D eigenvalue weighted by Gasteiger charge is -1.96. The van der Waals surface area contributed by atoms with Crippen molar-refractivity contribution >= 4 is 12.4 Å². The van der Waals surface area contributed by atoms with Crippen LogP contribution in [-0.2, 0) is 23.8 Å². The van der Waals surface area contributed by atoms with Crippen LogP contribution in [0.4, 0.5) is 0 Å². The van der Waals surface area contributed by atoms with E-state index in [9.17, 15) is 9.59 Å². The molecule has 1 aliphatic rings. The van der Waals surface area contributed by atoms with Crippen molar-refractivity contribution in [2.24, 2.45) is 0 Å². The molecule has 12 heavy (non-hydrogen) atoms. The third-order valence-corrected chi connectivity index (χ3v) is 1.22. The Bertz CT molecular complexity index is 272. The zero-order valence-corrected chi connectivity index (χ0v) is 6.33. The molecule has 0 bridgehead atoms. The quantitative estimate of drug-likeness (QED) is 0.444. The van der Waals surface area contributed by atoms with E-state index in [4.69, 9.17) is 9.47 Å². The van der Waals surface area contributed by atoms with Crippen LogP contribution in [-0.4, -0.2) is 19.0 Å². The normalized spacial score (nSPS) is 14.9. The first-order valence-electron chi connectivity index (χ1n) is 3.13. The molecule has 1 aliphatic heterocycles. The van der Waals surface area contributed by atoms with Gasteiger partial charge in [0.15, 0.2) is 12.4 Å². The van der Waals surface area contributed by atoms with Crippen molar-refractivity contribution in [2.45, 2.75) is 6.92 Å². The van der Waals surface area contributed by atoms with Crippen LogP contribution in [0.5, 0.6) is 0 Å². The number of ether oxygens (including phenoxy) is 3. The van der Waals surface area contributed by atoms with Crippen molar-refractivity contribution in [3.05, 3.63) is 17.5 Å². The number of allylic oxidation sites excluding steroid dienone is 1. The molecule has 5 nitrogen and oxygen atoms in total. The molecule has 0 spiro atoms. The summed E-state index contributed by atoms with van der Waals surface area (Å²) in [5.74, 6) is 1.89. The smallest absolute Gasteiger partial charge is 0.380 e. The zero-order valence-electron chi connectivity index (χ0n) is 6.33. The summed E-state index contributed by atoms with van der Waals surface area (Å²) in [4.78, 5) is 19.8. The first kappa shape index (κ1) is 8.36. The lowest BCUT2D eigenvalue weighted by molar-refractivity contribution is -0.128. The van der Waals surface area contributed by atoms with Gasteiger partial charge in [-0.05, 0) is 6.92 Å². The van der Waals surface area contributed by atoms with E-state index in [0.717, 1.165) is 0 Å². The Morgan fingerprint density at radius 1 is 1.58 bits per heavy atom. The molecule has 64 valence electrons. The molecule has 1 rings (SSSR count). The molecule has 0 aliphatic carbocycles. The maximum absolute atomic E-state index is 10.0. The first-order valence-corrected chi connectivity index (χ1v) is 3.13. The van der Waals surface area contributed by atoms with E-state index in [2.05, 4.69) is 4.74 Å². The van der Waals surface area contributed by atoms with Gasteiger partial charge in [0.25, 0.3) is 6.47 Å². The summed E-state index contributed by atoms with van der Waals surface area (Å²) in [5, 5.41) is 0. The molecule has 0 saturated carbocycles. The molecule has 0 saturated heterocycles. The molecule has 0 aromatic carbocycles. The summed E-state index contributed by atoms with van der Waals surface area (Å²) in [6.45, 7) is 1.83. The van der Waals surface area contributed by atoms with Gasteiger partial charge in [-0.25, -0.2) is 4.79 Å². The van der Waals surface area contributed by atoms with Gasteiger partial charge in [0.2, 0.25) is 5.94 Å². The molecule has 0 radical (unpaired) electrons. The highest BCUT2D eigenvalue weighted by Crippen LogP contribution is 2.22. The van der Waals surface area contributed by atoms with E-state index in [1.54, 1.807) is 6.92 Å². The van der Waals surface area contributed by atoms with Crippen LogP contribution in [0, 0.1) is 0 Å². The standard InChI is InChI=1S/C7H6O5/c1-5-6(3-10-4-9)12-7(2-8)11-5/h4H,3H2,1H3. The summed E-state index contributed by atoms with van der Waals surface area (Å²) >= 11 is 0. The van der Waals surface area contributed by atoms with Gasteiger partial charge in [-0.3, -0.25) is 4.79 Å². The van der Waals surface area contributed by atoms with Gasteiger partial charge in [-0.15, -0.1) is 0 Å². The Morgan fingerprint density at radius 2 is 2.33 bits per heavy atom. The number of hydrogen-bond acceptors (Lipinski definition) is 5. The molecule has 0 N–H and O–H groups in total. The summed E-state index contributed by atoms with van der Waals surface area (Å²) < 4.78 is 14.0. The number of rotatable bonds is 3. The van der Waals surface area contributed by atoms with E-state index in [1.807, 2.05) is 0 Å². The second-order valence-electron chi connectivity index (χ2n) is 1.98. The summed E-state index contributed by atoms with van der Waals surface area (Å²) in [5.41, 5.74) is 0. The van der Waals surface area contributed by atoms with Crippen LogP contribution in [0.25, 0.3) is 0 Å². The van der Waals surface area contributed by atoms with Crippen molar-refractivity contribution < 1.29 is 23.8 Å². The Kier molecular flexibility index (Phi) is 2.50. The fraction of sp³-hybridized carbons (Fsp3) is 0.286. The fourth-order valence-corrected chi connectivity index (χ4v) is 0.683. The molecular formula is C7H6O5. The van der Waals surface area contributed by atoms with Crippen LogP contribution < -0.4 is 0 Å². The van der Waals surface area contributed by atoms with Crippen molar-refractivity contribution in [3.63, 3.8) is 0 Å². The second-order valence-corrected chi connectivity index (χ2v) is 1.98. The average Bonchev–Trinajstić information content (AvgIpc) is 2.43. The van der Waals surface area contributed by atoms with Gasteiger partial charge in [0.1, 0.15) is 5.76 Å². The van der Waals surface area contributed by atoms with E-state index >= 15 is 0 Å². The Morgan fingerprint density at radius 3 is 2.83 bits per heavy atom. The minimum atomic E-state index is -0.253. The van der Waals surface area contributed by atoms with E-state index in [0.29, 0.717) is 11.5 Å². The molecule has 5 heteroatoms. The maximum Gasteiger partial charge on any atom is 0.380 e. The molecular weight excluding hydrogens is 164 g/mol. The second kappa shape index (κ2) is 3.59. The maximum atomic E-state index is 10.0. The van der Waals surface area contributed by atoms with E-state index < -0.39 is 0 Å². The van der Waals surface area contributed by atoms with Crippen LogP contribution in [0.15, 0.2) is 17.5 Å². The Labute approximate surface area is 68.2 Å². The zero-order chi connectivity index (χ0) is 8.97. The largest absolute Gasteiger partial charge is 0.460 e. The summed E-state index contributed by atoms with van der Waals surface area (Å²) in [7, 11) is 0. The first-order chi connectivity index (χ1) is 5.77. The van der Waals surface area contributed by atoms with Gasteiger partial charge in [-0.2, -0.15) is 0 Å². The highest BCUT2D eigenvalue weighted by Gasteiger charge is 2.20. The predicted molar refractivity (Wildman–Crippen MR) is 36.1 cm³/mol. The van der Waals surface area contributed by atoms with Crippen molar-refractivity contribution in [2.75, 3.05) is 6.61 Å². The monoisotopic (exact) mass is 170 g/mol. The molecule has 0 aromatic heterocycles. The van der Waals surface area contributed by atoms with Crippen molar-refractivity contribution in [3.8, 4) is 0 Å². The van der Waals surface area contributed by atoms with Crippen molar-refractivity contribution in [1.29, 1.82) is 0 Å². The third-order valence-electron chi connectivity index (χ3n) is 1.22.